The van der Waals surface area contributed by atoms with Gasteiger partial charge in [-0.15, -0.1) is 0 Å². The third kappa shape index (κ3) is 5.25. The second kappa shape index (κ2) is 11.0. The summed E-state index contributed by atoms with van der Waals surface area (Å²) in [6.07, 6.45) is 1.62. The number of hydrogen-bond donors (Lipinski definition) is 0. The van der Waals surface area contributed by atoms with Gasteiger partial charge in [-0.3, -0.25) is 9.36 Å². The molecule has 0 N–H and O–H groups in total. The standard InChI is InChI=1S/C33H30F2N4O2/c1-3-41-27-9-6-8-25(20-27)39-21-31(36-32(39)29-12-11-24(34)19-30(29)35)33(40)38-15-13-37(14-16-38)26-17-22(2)28-10-5-4-7-23(28)18-26/h4-12,17-21H,3,13-16H2,1-2H3. The topological polar surface area (TPSA) is 50.6 Å². The summed E-state index contributed by atoms with van der Waals surface area (Å²) in [5, 5.41) is 2.43. The van der Waals surface area contributed by atoms with E-state index in [2.05, 4.69) is 41.1 Å². The zero-order chi connectivity index (χ0) is 28.5. The molecule has 1 fully saturated rings. The van der Waals surface area contributed by atoms with Crippen LogP contribution in [-0.2, 0) is 0 Å². The van der Waals surface area contributed by atoms with Crippen LogP contribution < -0.4 is 9.64 Å². The van der Waals surface area contributed by atoms with Gasteiger partial charge in [0, 0.05) is 50.2 Å². The van der Waals surface area contributed by atoms with Gasteiger partial charge in [-0.25, -0.2) is 13.8 Å². The van der Waals surface area contributed by atoms with E-state index in [0.29, 0.717) is 44.2 Å². The highest BCUT2D eigenvalue weighted by atomic mass is 19.1. The molecule has 0 bridgehead atoms. The number of hydrogen-bond acceptors (Lipinski definition) is 4. The van der Waals surface area contributed by atoms with Gasteiger partial charge in [-0.05, 0) is 66.6 Å². The van der Waals surface area contributed by atoms with Crippen molar-refractivity contribution in [3.63, 3.8) is 0 Å². The molecule has 0 radical (unpaired) electrons. The van der Waals surface area contributed by atoms with Gasteiger partial charge in [-0.2, -0.15) is 0 Å². The fourth-order valence-electron chi connectivity index (χ4n) is 5.43. The summed E-state index contributed by atoms with van der Waals surface area (Å²) in [4.78, 5) is 22.3. The maximum Gasteiger partial charge on any atom is 0.274 e. The van der Waals surface area contributed by atoms with Crippen molar-refractivity contribution < 1.29 is 18.3 Å². The lowest BCUT2D eigenvalue weighted by molar-refractivity contribution is 0.0741. The normalized spacial score (nSPS) is 13.6. The van der Waals surface area contributed by atoms with E-state index >= 15 is 0 Å². The van der Waals surface area contributed by atoms with Crippen molar-refractivity contribution in [2.75, 3.05) is 37.7 Å². The predicted molar refractivity (Wildman–Crippen MR) is 157 cm³/mol. The number of piperazine rings is 1. The predicted octanol–water partition coefficient (Wildman–Crippen LogP) is 6.64. The summed E-state index contributed by atoms with van der Waals surface area (Å²) in [6.45, 7) is 6.91. The van der Waals surface area contributed by atoms with Crippen LogP contribution in [0.15, 0.2) is 85.1 Å². The number of carbonyl (C=O) groups is 1. The average Bonchev–Trinajstić information content (AvgIpc) is 3.42. The third-order valence-electron chi connectivity index (χ3n) is 7.49. The van der Waals surface area contributed by atoms with Crippen LogP contribution in [0.2, 0.25) is 0 Å². The highest BCUT2D eigenvalue weighted by molar-refractivity contribution is 5.93. The maximum atomic E-state index is 14.9. The van der Waals surface area contributed by atoms with Crippen LogP contribution in [0.4, 0.5) is 14.5 Å². The van der Waals surface area contributed by atoms with Gasteiger partial charge in [0.15, 0.2) is 0 Å². The number of fused-ring (bicyclic) bond motifs is 1. The van der Waals surface area contributed by atoms with E-state index in [1.807, 2.05) is 37.3 Å². The number of halogens is 2. The number of rotatable bonds is 6. The molecule has 0 atom stereocenters. The zero-order valence-corrected chi connectivity index (χ0v) is 23.0. The molecule has 0 saturated carbocycles. The Hall–Kier alpha value is -4.72. The van der Waals surface area contributed by atoms with Crippen molar-refractivity contribution in [2.45, 2.75) is 13.8 Å². The number of anilines is 1. The van der Waals surface area contributed by atoms with Crippen molar-refractivity contribution in [3.8, 4) is 22.8 Å². The molecule has 1 aliphatic heterocycles. The zero-order valence-electron chi connectivity index (χ0n) is 23.0. The average molecular weight is 553 g/mol. The van der Waals surface area contributed by atoms with Gasteiger partial charge < -0.3 is 14.5 Å². The van der Waals surface area contributed by atoms with Crippen LogP contribution in [0.5, 0.6) is 5.75 Å². The van der Waals surface area contributed by atoms with E-state index in [1.165, 1.54) is 28.5 Å². The molecule has 41 heavy (non-hydrogen) atoms. The number of nitrogens with zero attached hydrogens (tertiary/aromatic N) is 4. The molecule has 5 aromatic rings. The van der Waals surface area contributed by atoms with E-state index in [9.17, 15) is 13.6 Å². The van der Waals surface area contributed by atoms with Crippen molar-refractivity contribution in [2.24, 2.45) is 0 Å². The molecule has 6 rings (SSSR count). The number of imidazole rings is 1. The minimum Gasteiger partial charge on any atom is -0.494 e. The molecule has 0 unspecified atom stereocenters. The Balaban J connectivity index is 1.28. The molecule has 1 aliphatic rings. The number of benzene rings is 4. The fourth-order valence-corrected chi connectivity index (χ4v) is 5.43. The minimum absolute atomic E-state index is 0.101. The first-order valence-electron chi connectivity index (χ1n) is 13.7. The number of aromatic nitrogens is 2. The fraction of sp³-hybridized carbons (Fsp3) is 0.212. The van der Waals surface area contributed by atoms with Crippen molar-refractivity contribution >= 4 is 22.4 Å². The molecular formula is C33H30F2N4O2. The second-order valence-electron chi connectivity index (χ2n) is 10.1. The van der Waals surface area contributed by atoms with Gasteiger partial charge in [0.1, 0.15) is 28.9 Å². The van der Waals surface area contributed by atoms with Gasteiger partial charge in [-0.1, -0.05) is 30.3 Å². The highest BCUT2D eigenvalue weighted by Crippen LogP contribution is 2.30. The number of carbonyl (C=O) groups excluding carboxylic acids is 1. The van der Waals surface area contributed by atoms with E-state index < -0.39 is 11.6 Å². The number of amides is 1. The number of aryl methyl sites for hydroxylation is 1. The SMILES string of the molecule is CCOc1cccc(-n2cc(C(=O)N3CCN(c4cc(C)c5ccccc5c4)CC3)nc2-c2ccc(F)cc2F)c1. The quantitative estimate of drug-likeness (QED) is 0.237. The first kappa shape index (κ1) is 26.5. The highest BCUT2D eigenvalue weighted by Gasteiger charge is 2.26. The van der Waals surface area contributed by atoms with E-state index in [-0.39, 0.29) is 23.0 Å². The van der Waals surface area contributed by atoms with E-state index in [1.54, 1.807) is 21.7 Å². The molecule has 1 saturated heterocycles. The monoisotopic (exact) mass is 552 g/mol. The Bertz CT molecular complexity index is 1740. The first-order valence-corrected chi connectivity index (χ1v) is 13.7. The second-order valence-corrected chi connectivity index (χ2v) is 10.1. The Morgan fingerprint density at radius 3 is 2.49 bits per heavy atom. The molecule has 1 amide bonds. The summed E-state index contributed by atoms with van der Waals surface area (Å²) < 4.78 is 35.9. The van der Waals surface area contributed by atoms with Gasteiger partial charge >= 0.3 is 0 Å². The van der Waals surface area contributed by atoms with Crippen LogP contribution in [-0.4, -0.2) is 53.1 Å². The molecule has 6 nitrogen and oxygen atoms in total. The Labute approximate surface area is 237 Å². The molecule has 0 aliphatic carbocycles. The molecule has 208 valence electrons. The smallest absolute Gasteiger partial charge is 0.274 e. The lowest BCUT2D eigenvalue weighted by atomic mass is 10.0. The van der Waals surface area contributed by atoms with Crippen LogP contribution >= 0.6 is 0 Å². The molecular weight excluding hydrogens is 522 g/mol. The van der Waals surface area contributed by atoms with Crippen LogP contribution in [0.3, 0.4) is 0 Å². The summed E-state index contributed by atoms with van der Waals surface area (Å²) >= 11 is 0. The lowest BCUT2D eigenvalue weighted by Crippen LogP contribution is -2.48. The Morgan fingerprint density at radius 1 is 0.902 bits per heavy atom. The molecule has 4 aromatic carbocycles. The third-order valence-corrected chi connectivity index (χ3v) is 7.49. The molecule has 0 spiro atoms. The van der Waals surface area contributed by atoms with Crippen molar-refractivity contribution in [1.29, 1.82) is 0 Å². The van der Waals surface area contributed by atoms with Crippen LogP contribution in [0.25, 0.3) is 27.8 Å². The molecule has 2 heterocycles. The Morgan fingerprint density at radius 2 is 1.71 bits per heavy atom. The van der Waals surface area contributed by atoms with Crippen LogP contribution in [0, 0.1) is 18.6 Å². The van der Waals surface area contributed by atoms with E-state index in [0.717, 1.165) is 11.8 Å². The molecule has 8 heteroatoms. The summed E-state index contributed by atoms with van der Waals surface area (Å²) in [5.41, 5.74) is 3.30. The summed E-state index contributed by atoms with van der Waals surface area (Å²) in [6, 6.07) is 23.3. The Kier molecular flexibility index (Phi) is 7.14. The maximum absolute atomic E-state index is 14.9. The lowest BCUT2D eigenvalue weighted by Gasteiger charge is -2.36. The van der Waals surface area contributed by atoms with Crippen molar-refractivity contribution in [3.05, 3.63) is 108 Å². The molecule has 1 aromatic heterocycles. The number of ether oxygens (including phenoxy) is 1. The summed E-state index contributed by atoms with van der Waals surface area (Å²) in [5.74, 6) is -0.820. The van der Waals surface area contributed by atoms with Crippen molar-refractivity contribution in [1.82, 2.24) is 14.5 Å². The van der Waals surface area contributed by atoms with Gasteiger partial charge in [0.25, 0.3) is 5.91 Å². The van der Waals surface area contributed by atoms with Gasteiger partial charge in [0.2, 0.25) is 0 Å². The van der Waals surface area contributed by atoms with Gasteiger partial charge in [0.05, 0.1) is 17.9 Å². The summed E-state index contributed by atoms with van der Waals surface area (Å²) in [7, 11) is 0. The van der Waals surface area contributed by atoms with E-state index in [4.69, 9.17) is 4.74 Å². The largest absolute Gasteiger partial charge is 0.494 e. The minimum atomic E-state index is -0.754. The first-order chi connectivity index (χ1) is 19.9. The van der Waals surface area contributed by atoms with Crippen LogP contribution in [0.1, 0.15) is 23.0 Å².